The molecule has 6 heteroatoms. The van der Waals surface area contributed by atoms with Gasteiger partial charge in [0.15, 0.2) is 5.60 Å². The van der Waals surface area contributed by atoms with E-state index >= 15 is 0 Å². The standard InChI is InChI=1S/C17H19FN2O3/c1-11-8-12(9-15(21)20-11)10-19-16(22)17(2,23-3)13-6-4-5-7-14(13)18/h4-9H,10H2,1-3H3,(H,19,22)(H,20,21). The molecule has 1 heterocycles. The van der Waals surface area contributed by atoms with Gasteiger partial charge in [0.25, 0.3) is 5.91 Å². The van der Waals surface area contributed by atoms with Crippen LogP contribution >= 0.6 is 0 Å². The maximum atomic E-state index is 14.0. The molecule has 0 radical (unpaired) electrons. The second-order valence-corrected chi connectivity index (χ2v) is 5.44. The first-order valence-electron chi connectivity index (χ1n) is 7.15. The number of aromatic amines is 1. The third-order valence-corrected chi connectivity index (χ3v) is 3.72. The van der Waals surface area contributed by atoms with E-state index in [0.717, 1.165) is 0 Å². The van der Waals surface area contributed by atoms with E-state index in [2.05, 4.69) is 10.3 Å². The molecule has 2 N–H and O–H groups in total. The number of methoxy groups -OCH3 is 1. The van der Waals surface area contributed by atoms with Gasteiger partial charge in [-0.1, -0.05) is 18.2 Å². The Labute approximate surface area is 133 Å². The smallest absolute Gasteiger partial charge is 0.256 e. The van der Waals surface area contributed by atoms with Crippen LogP contribution in [-0.2, 0) is 21.7 Å². The second kappa shape index (κ2) is 6.75. The molecule has 0 aliphatic carbocycles. The molecule has 0 spiro atoms. The number of carbonyl (C=O) groups is 1. The Morgan fingerprint density at radius 3 is 2.65 bits per heavy atom. The summed E-state index contributed by atoms with van der Waals surface area (Å²) in [6, 6.07) is 9.14. The number of carbonyl (C=O) groups excluding carboxylic acids is 1. The average Bonchev–Trinajstić information content (AvgIpc) is 2.51. The van der Waals surface area contributed by atoms with Crippen LogP contribution in [0.2, 0.25) is 0 Å². The molecule has 1 unspecified atom stereocenters. The van der Waals surface area contributed by atoms with Crippen LogP contribution in [0.15, 0.2) is 41.2 Å². The molecule has 0 fully saturated rings. The van der Waals surface area contributed by atoms with Gasteiger partial charge < -0.3 is 15.0 Å². The third kappa shape index (κ3) is 3.65. The van der Waals surface area contributed by atoms with E-state index in [1.807, 2.05) is 0 Å². The van der Waals surface area contributed by atoms with Crippen LogP contribution in [0.25, 0.3) is 0 Å². The van der Waals surface area contributed by atoms with E-state index in [1.54, 1.807) is 25.1 Å². The van der Waals surface area contributed by atoms with E-state index < -0.39 is 17.3 Å². The minimum Gasteiger partial charge on any atom is -0.364 e. The van der Waals surface area contributed by atoms with Crippen LogP contribution in [0.3, 0.4) is 0 Å². The quantitative estimate of drug-likeness (QED) is 0.886. The lowest BCUT2D eigenvalue weighted by atomic mass is 9.94. The lowest BCUT2D eigenvalue weighted by molar-refractivity contribution is -0.143. The molecule has 23 heavy (non-hydrogen) atoms. The molecule has 1 aromatic heterocycles. The predicted molar refractivity (Wildman–Crippen MR) is 84.4 cm³/mol. The summed E-state index contributed by atoms with van der Waals surface area (Å²) < 4.78 is 19.3. The summed E-state index contributed by atoms with van der Waals surface area (Å²) >= 11 is 0. The number of rotatable bonds is 5. The first-order valence-corrected chi connectivity index (χ1v) is 7.15. The van der Waals surface area contributed by atoms with Gasteiger partial charge in [0.05, 0.1) is 0 Å². The molecule has 0 aliphatic heterocycles. The molecule has 0 aliphatic rings. The van der Waals surface area contributed by atoms with Crippen LogP contribution in [0.4, 0.5) is 4.39 Å². The number of aryl methyl sites for hydroxylation is 1. The van der Waals surface area contributed by atoms with Crippen LogP contribution < -0.4 is 10.9 Å². The fourth-order valence-electron chi connectivity index (χ4n) is 2.38. The minimum atomic E-state index is -1.46. The molecular formula is C17H19FN2O3. The predicted octanol–water partition coefficient (Wildman–Crippen LogP) is 2.00. The molecule has 122 valence electrons. The van der Waals surface area contributed by atoms with Gasteiger partial charge >= 0.3 is 0 Å². The zero-order valence-corrected chi connectivity index (χ0v) is 13.3. The average molecular weight is 318 g/mol. The second-order valence-electron chi connectivity index (χ2n) is 5.44. The SMILES string of the molecule is COC(C)(C(=O)NCc1cc(C)[nH]c(=O)c1)c1ccccc1F. The van der Waals surface area contributed by atoms with Crippen LogP contribution in [0.5, 0.6) is 0 Å². The largest absolute Gasteiger partial charge is 0.364 e. The maximum absolute atomic E-state index is 14.0. The minimum absolute atomic E-state index is 0.150. The number of benzene rings is 1. The first kappa shape index (κ1) is 16.9. The van der Waals surface area contributed by atoms with Gasteiger partial charge in [0, 0.05) is 31.0 Å². The molecule has 1 atom stereocenters. The Hall–Kier alpha value is -2.47. The van der Waals surface area contributed by atoms with Gasteiger partial charge in [-0.2, -0.15) is 0 Å². The van der Waals surface area contributed by atoms with Gasteiger partial charge in [-0.25, -0.2) is 4.39 Å². The van der Waals surface area contributed by atoms with E-state index in [4.69, 9.17) is 4.74 Å². The number of hydrogen-bond acceptors (Lipinski definition) is 3. The Balaban J connectivity index is 2.20. The number of ether oxygens (including phenoxy) is 1. The summed E-state index contributed by atoms with van der Waals surface area (Å²) in [4.78, 5) is 26.6. The number of aromatic nitrogens is 1. The van der Waals surface area contributed by atoms with Gasteiger partial charge in [-0.15, -0.1) is 0 Å². The highest BCUT2D eigenvalue weighted by Crippen LogP contribution is 2.27. The Bertz CT molecular complexity index is 772. The highest BCUT2D eigenvalue weighted by atomic mass is 19.1. The van der Waals surface area contributed by atoms with Gasteiger partial charge in [-0.05, 0) is 31.5 Å². The topological polar surface area (TPSA) is 71.2 Å². The zero-order chi connectivity index (χ0) is 17.0. The lowest BCUT2D eigenvalue weighted by Gasteiger charge is -2.27. The van der Waals surface area contributed by atoms with Crippen molar-refractivity contribution in [2.45, 2.75) is 26.0 Å². The van der Waals surface area contributed by atoms with Crippen molar-refractivity contribution in [3.63, 3.8) is 0 Å². The molecule has 1 amide bonds. The first-order chi connectivity index (χ1) is 10.9. The highest BCUT2D eigenvalue weighted by Gasteiger charge is 2.37. The van der Waals surface area contributed by atoms with E-state index in [1.165, 1.54) is 32.2 Å². The fourth-order valence-corrected chi connectivity index (χ4v) is 2.38. The number of hydrogen-bond donors (Lipinski definition) is 2. The lowest BCUT2D eigenvalue weighted by Crippen LogP contribution is -2.44. The molecule has 2 aromatic rings. The van der Waals surface area contributed by atoms with Crippen molar-refractivity contribution >= 4 is 5.91 Å². The monoisotopic (exact) mass is 318 g/mol. The molecule has 5 nitrogen and oxygen atoms in total. The van der Waals surface area contributed by atoms with E-state index in [0.29, 0.717) is 11.3 Å². The zero-order valence-electron chi connectivity index (χ0n) is 13.3. The van der Waals surface area contributed by atoms with Crippen LogP contribution in [-0.4, -0.2) is 18.0 Å². The molecule has 0 saturated carbocycles. The summed E-state index contributed by atoms with van der Waals surface area (Å²) in [5.74, 6) is -0.998. The Kier molecular flexibility index (Phi) is 4.95. The highest BCUT2D eigenvalue weighted by molar-refractivity contribution is 5.86. The normalized spacial score (nSPS) is 13.4. The van der Waals surface area contributed by atoms with Gasteiger partial charge in [0.2, 0.25) is 5.56 Å². The fraction of sp³-hybridized carbons (Fsp3) is 0.294. The van der Waals surface area contributed by atoms with Crippen molar-refractivity contribution in [2.24, 2.45) is 0 Å². The van der Waals surface area contributed by atoms with Crippen molar-refractivity contribution in [1.82, 2.24) is 10.3 Å². The van der Waals surface area contributed by atoms with Crippen molar-refractivity contribution in [3.8, 4) is 0 Å². The van der Waals surface area contributed by atoms with Crippen molar-refractivity contribution in [1.29, 1.82) is 0 Å². The molecule has 0 bridgehead atoms. The maximum Gasteiger partial charge on any atom is 0.256 e. The number of H-pyrrole nitrogens is 1. The summed E-state index contributed by atoms with van der Waals surface area (Å²) in [5.41, 5.74) is -0.182. The Morgan fingerprint density at radius 2 is 2.04 bits per heavy atom. The number of pyridine rings is 1. The van der Waals surface area contributed by atoms with Crippen LogP contribution in [0, 0.1) is 12.7 Å². The summed E-state index contributed by atoms with van der Waals surface area (Å²) in [5, 5.41) is 2.69. The van der Waals surface area contributed by atoms with Gasteiger partial charge in [0.1, 0.15) is 5.82 Å². The molecule has 1 aromatic carbocycles. The van der Waals surface area contributed by atoms with Crippen LogP contribution in [0.1, 0.15) is 23.7 Å². The Morgan fingerprint density at radius 1 is 1.35 bits per heavy atom. The summed E-state index contributed by atoms with van der Waals surface area (Å²) in [6.07, 6.45) is 0. The molecular weight excluding hydrogens is 299 g/mol. The summed E-state index contributed by atoms with van der Waals surface area (Å²) in [7, 11) is 1.35. The van der Waals surface area contributed by atoms with Gasteiger partial charge in [-0.3, -0.25) is 9.59 Å². The number of halogens is 1. The summed E-state index contributed by atoms with van der Waals surface area (Å²) in [6.45, 7) is 3.41. The molecule has 2 rings (SSSR count). The number of amides is 1. The number of nitrogens with one attached hydrogen (secondary N) is 2. The third-order valence-electron chi connectivity index (χ3n) is 3.72. The van der Waals surface area contributed by atoms with E-state index in [9.17, 15) is 14.0 Å². The van der Waals surface area contributed by atoms with Crippen molar-refractivity contribution in [3.05, 3.63) is 69.4 Å². The molecule has 0 saturated heterocycles. The van der Waals surface area contributed by atoms with E-state index in [-0.39, 0.29) is 17.7 Å². The van der Waals surface area contributed by atoms with Crippen molar-refractivity contribution in [2.75, 3.05) is 7.11 Å². The van der Waals surface area contributed by atoms with Crippen molar-refractivity contribution < 1.29 is 13.9 Å².